The third-order valence-corrected chi connectivity index (χ3v) is 2.65. The van der Waals surface area contributed by atoms with Crippen LogP contribution in [0.5, 0.6) is 0 Å². The summed E-state index contributed by atoms with van der Waals surface area (Å²) < 4.78 is 0. The first-order valence-electron chi connectivity index (χ1n) is 6.14. The fourth-order valence-electron chi connectivity index (χ4n) is 1.87. The van der Waals surface area contributed by atoms with Crippen molar-refractivity contribution < 1.29 is 0 Å². The Morgan fingerprint density at radius 2 is 1.75 bits per heavy atom. The van der Waals surface area contributed by atoms with Crippen molar-refractivity contribution >= 4 is 12.4 Å². The van der Waals surface area contributed by atoms with Crippen molar-refractivity contribution in [2.75, 3.05) is 6.54 Å². The zero-order valence-electron chi connectivity index (χ0n) is 10.4. The maximum Gasteiger partial charge on any atom is 0.0107 e. The van der Waals surface area contributed by atoms with Gasteiger partial charge in [0.15, 0.2) is 0 Å². The molecule has 1 atom stereocenters. The fourth-order valence-corrected chi connectivity index (χ4v) is 1.87. The van der Waals surface area contributed by atoms with Crippen molar-refractivity contribution in [1.82, 2.24) is 5.32 Å². The molecule has 0 heterocycles. The van der Waals surface area contributed by atoms with Crippen molar-refractivity contribution in [2.45, 2.75) is 45.6 Å². The van der Waals surface area contributed by atoms with Crippen LogP contribution in [0.4, 0.5) is 0 Å². The minimum Gasteiger partial charge on any atom is -0.314 e. The van der Waals surface area contributed by atoms with Crippen LogP contribution in [0, 0.1) is 0 Å². The molecule has 1 N–H and O–H groups in total. The largest absolute Gasteiger partial charge is 0.314 e. The molecule has 0 bridgehead atoms. The van der Waals surface area contributed by atoms with Crippen LogP contribution in [0.15, 0.2) is 30.3 Å². The fraction of sp³-hybridized carbons (Fsp3) is 0.571. The first-order valence-corrected chi connectivity index (χ1v) is 6.14. The Balaban J connectivity index is 0.00000225. The lowest BCUT2D eigenvalue weighted by atomic mass is 10.0. The van der Waals surface area contributed by atoms with E-state index < -0.39 is 0 Å². The van der Waals surface area contributed by atoms with Gasteiger partial charge in [0.2, 0.25) is 0 Å². The third-order valence-electron chi connectivity index (χ3n) is 2.65. The molecule has 2 heteroatoms. The van der Waals surface area contributed by atoms with Gasteiger partial charge in [0.25, 0.3) is 0 Å². The summed E-state index contributed by atoms with van der Waals surface area (Å²) in [6.07, 6.45) is 4.91. The summed E-state index contributed by atoms with van der Waals surface area (Å²) in [6, 6.07) is 11.4. The van der Waals surface area contributed by atoms with Gasteiger partial charge in [0, 0.05) is 6.04 Å². The standard InChI is InChI=1S/C14H23N.ClH/c1-3-8-14(15-11-4-2)12-13-9-6-5-7-10-13;/h5-7,9-10,14-15H,3-4,8,11-12H2,1-2H3;1H/t14-;/m1./s1. The SMILES string of the molecule is CCCN[C@H](CCC)Cc1ccccc1.Cl. The number of hydrogen-bond acceptors (Lipinski definition) is 1. The minimum absolute atomic E-state index is 0. The lowest BCUT2D eigenvalue weighted by Gasteiger charge is -2.17. The first kappa shape index (κ1) is 15.5. The van der Waals surface area contributed by atoms with Crippen molar-refractivity contribution in [3.8, 4) is 0 Å². The van der Waals surface area contributed by atoms with Gasteiger partial charge >= 0.3 is 0 Å². The van der Waals surface area contributed by atoms with E-state index in [4.69, 9.17) is 0 Å². The second kappa shape index (κ2) is 9.68. The van der Waals surface area contributed by atoms with E-state index in [-0.39, 0.29) is 12.4 Å². The Morgan fingerprint density at radius 3 is 2.31 bits per heavy atom. The van der Waals surface area contributed by atoms with Crippen LogP contribution in [0.25, 0.3) is 0 Å². The Hall–Kier alpha value is -0.530. The van der Waals surface area contributed by atoms with Crippen LogP contribution < -0.4 is 5.32 Å². The molecule has 16 heavy (non-hydrogen) atoms. The molecule has 0 amide bonds. The number of nitrogens with one attached hydrogen (secondary N) is 1. The van der Waals surface area contributed by atoms with E-state index in [2.05, 4.69) is 49.5 Å². The third kappa shape index (κ3) is 6.14. The monoisotopic (exact) mass is 241 g/mol. The molecule has 0 spiro atoms. The van der Waals surface area contributed by atoms with E-state index in [1.165, 1.54) is 24.8 Å². The Kier molecular flexibility index (Phi) is 9.36. The van der Waals surface area contributed by atoms with Gasteiger partial charge in [-0.3, -0.25) is 0 Å². The summed E-state index contributed by atoms with van der Waals surface area (Å²) in [5, 5.41) is 3.62. The minimum atomic E-state index is 0. The molecule has 1 aromatic rings. The van der Waals surface area contributed by atoms with E-state index in [9.17, 15) is 0 Å². The molecular weight excluding hydrogens is 218 g/mol. The molecule has 0 fully saturated rings. The molecule has 92 valence electrons. The van der Waals surface area contributed by atoms with Crippen molar-refractivity contribution in [3.05, 3.63) is 35.9 Å². The average molecular weight is 242 g/mol. The zero-order chi connectivity index (χ0) is 10.9. The highest BCUT2D eigenvalue weighted by Gasteiger charge is 2.06. The quantitative estimate of drug-likeness (QED) is 0.765. The lowest BCUT2D eigenvalue weighted by molar-refractivity contribution is 0.473. The van der Waals surface area contributed by atoms with E-state index in [0.717, 1.165) is 13.0 Å². The van der Waals surface area contributed by atoms with E-state index >= 15 is 0 Å². The molecule has 0 aliphatic heterocycles. The summed E-state index contributed by atoms with van der Waals surface area (Å²) in [5.41, 5.74) is 1.44. The number of benzene rings is 1. The molecule has 0 aliphatic carbocycles. The molecule has 0 radical (unpaired) electrons. The van der Waals surface area contributed by atoms with E-state index in [1.807, 2.05) is 0 Å². The highest BCUT2D eigenvalue weighted by Crippen LogP contribution is 2.07. The lowest BCUT2D eigenvalue weighted by Crippen LogP contribution is -2.31. The number of rotatable bonds is 7. The first-order chi connectivity index (χ1) is 7.36. The Labute approximate surface area is 106 Å². The van der Waals surface area contributed by atoms with Crippen LogP contribution in [-0.2, 0) is 6.42 Å². The van der Waals surface area contributed by atoms with Crippen molar-refractivity contribution in [2.24, 2.45) is 0 Å². The molecule has 1 aromatic carbocycles. The van der Waals surface area contributed by atoms with Crippen LogP contribution >= 0.6 is 12.4 Å². The van der Waals surface area contributed by atoms with Gasteiger partial charge < -0.3 is 5.32 Å². The predicted octanol–water partition coefficient (Wildman–Crippen LogP) is 3.82. The predicted molar refractivity (Wildman–Crippen MR) is 74.4 cm³/mol. The maximum absolute atomic E-state index is 3.62. The smallest absolute Gasteiger partial charge is 0.0107 e. The van der Waals surface area contributed by atoms with Crippen LogP contribution in [0.2, 0.25) is 0 Å². The van der Waals surface area contributed by atoms with Gasteiger partial charge in [-0.1, -0.05) is 50.6 Å². The molecule has 0 unspecified atom stereocenters. The number of halogens is 1. The molecule has 0 aromatic heterocycles. The summed E-state index contributed by atoms with van der Waals surface area (Å²) in [5.74, 6) is 0. The van der Waals surface area contributed by atoms with Crippen LogP contribution in [-0.4, -0.2) is 12.6 Å². The van der Waals surface area contributed by atoms with Crippen molar-refractivity contribution in [1.29, 1.82) is 0 Å². The van der Waals surface area contributed by atoms with Gasteiger partial charge in [0.05, 0.1) is 0 Å². The Bertz CT molecular complexity index is 248. The second-order valence-corrected chi connectivity index (χ2v) is 4.13. The highest BCUT2D eigenvalue weighted by molar-refractivity contribution is 5.85. The summed E-state index contributed by atoms with van der Waals surface area (Å²) >= 11 is 0. The van der Waals surface area contributed by atoms with Crippen LogP contribution in [0.1, 0.15) is 38.7 Å². The zero-order valence-corrected chi connectivity index (χ0v) is 11.2. The summed E-state index contributed by atoms with van der Waals surface area (Å²) in [6.45, 7) is 5.61. The summed E-state index contributed by atoms with van der Waals surface area (Å²) in [4.78, 5) is 0. The molecule has 1 rings (SSSR count). The molecule has 0 saturated carbocycles. The summed E-state index contributed by atoms with van der Waals surface area (Å²) in [7, 11) is 0. The van der Waals surface area contributed by atoms with E-state index in [0.29, 0.717) is 6.04 Å². The van der Waals surface area contributed by atoms with Gasteiger partial charge in [-0.15, -0.1) is 12.4 Å². The van der Waals surface area contributed by atoms with Crippen LogP contribution in [0.3, 0.4) is 0 Å². The van der Waals surface area contributed by atoms with E-state index in [1.54, 1.807) is 0 Å². The molecular formula is C14H24ClN. The molecule has 1 nitrogen and oxygen atoms in total. The van der Waals surface area contributed by atoms with Crippen molar-refractivity contribution in [3.63, 3.8) is 0 Å². The number of hydrogen-bond donors (Lipinski definition) is 1. The normalized spacial score (nSPS) is 11.9. The van der Waals surface area contributed by atoms with Gasteiger partial charge in [-0.25, -0.2) is 0 Å². The maximum atomic E-state index is 3.62. The topological polar surface area (TPSA) is 12.0 Å². The Morgan fingerprint density at radius 1 is 1.06 bits per heavy atom. The average Bonchev–Trinajstić information content (AvgIpc) is 2.28. The van der Waals surface area contributed by atoms with Gasteiger partial charge in [-0.2, -0.15) is 0 Å². The highest BCUT2D eigenvalue weighted by atomic mass is 35.5. The molecule has 0 saturated heterocycles. The molecule has 0 aliphatic rings. The second-order valence-electron chi connectivity index (χ2n) is 4.13. The van der Waals surface area contributed by atoms with Gasteiger partial charge in [-0.05, 0) is 31.4 Å². The van der Waals surface area contributed by atoms with Gasteiger partial charge in [0.1, 0.15) is 0 Å².